The normalized spacial score (nSPS) is 11.2. The number of nitrogens with zero attached hydrogens (tertiary/aromatic N) is 2. The van der Waals surface area contributed by atoms with E-state index in [0.717, 1.165) is 0 Å². The molecule has 0 unspecified atom stereocenters. The molecule has 4 rings (SSSR count). The van der Waals surface area contributed by atoms with Crippen LogP contribution in [0.25, 0.3) is 5.69 Å². The second-order valence-corrected chi connectivity index (χ2v) is 8.79. The number of esters is 1. The summed E-state index contributed by atoms with van der Waals surface area (Å²) in [7, 11) is -2.48. The Morgan fingerprint density at radius 3 is 2.06 bits per heavy atom. The van der Waals surface area contributed by atoms with Gasteiger partial charge in [-0.25, -0.2) is 13.2 Å². The Morgan fingerprint density at radius 2 is 1.47 bits per heavy atom. The lowest BCUT2D eigenvalue weighted by molar-refractivity contribution is 0.0718. The van der Waals surface area contributed by atoms with E-state index in [2.05, 4.69) is 5.10 Å². The molecule has 0 aliphatic heterocycles. The number of para-hydroxylation sites is 1. The minimum atomic E-state index is -4.01. The average molecular weight is 449 g/mol. The molecule has 0 aliphatic carbocycles. The molecule has 4 aromatic rings. The van der Waals surface area contributed by atoms with E-state index >= 15 is 0 Å². The van der Waals surface area contributed by atoms with E-state index in [-0.39, 0.29) is 26.9 Å². The number of benzene rings is 3. The summed E-state index contributed by atoms with van der Waals surface area (Å²) in [5, 5.41) is 4.39. The molecule has 32 heavy (non-hydrogen) atoms. The highest BCUT2D eigenvalue weighted by atomic mass is 32.2. The van der Waals surface area contributed by atoms with Crippen LogP contribution < -0.4 is 9.47 Å². The molecule has 1 heterocycles. The third-order valence-corrected chi connectivity index (χ3v) is 6.70. The number of rotatable bonds is 6. The fraction of sp³-hybridized carbons (Fsp3) is 0.0833. The summed E-state index contributed by atoms with van der Waals surface area (Å²) in [4.78, 5) is 12.8. The van der Waals surface area contributed by atoms with Crippen molar-refractivity contribution >= 4 is 15.8 Å². The van der Waals surface area contributed by atoms with E-state index in [4.69, 9.17) is 9.47 Å². The fourth-order valence-corrected chi connectivity index (χ4v) is 4.77. The molecule has 0 bridgehead atoms. The maximum absolute atomic E-state index is 13.5. The zero-order chi connectivity index (χ0) is 22.7. The molecule has 0 aliphatic rings. The molecular formula is C24H20N2O5S. The largest absolute Gasteiger partial charge is 0.497 e. The number of aromatic nitrogens is 2. The van der Waals surface area contributed by atoms with Gasteiger partial charge in [0.15, 0.2) is 4.90 Å². The van der Waals surface area contributed by atoms with E-state index in [1.807, 2.05) is 6.07 Å². The standard InChI is InChI=1S/C24H20N2O5S/c1-17-22(32(28,29)21-11-7-4-8-12-21)23(26(25-17)19-9-5-3-6-10-19)31-24(27)18-13-15-20(30-2)16-14-18/h3-16H,1-2H3. The van der Waals surface area contributed by atoms with Crippen LogP contribution in [0, 0.1) is 6.92 Å². The predicted octanol–water partition coefficient (Wildman–Crippen LogP) is 4.24. The summed E-state index contributed by atoms with van der Waals surface area (Å²) in [6.45, 7) is 1.57. The van der Waals surface area contributed by atoms with Gasteiger partial charge in [0.1, 0.15) is 5.75 Å². The molecule has 0 saturated heterocycles. The van der Waals surface area contributed by atoms with Crippen molar-refractivity contribution < 1.29 is 22.7 Å². The van der Waals surface area contributed by atoms with Crippen LogP contribution in [0.2, 0.25) is 0 Å². The lowest BCUT2D eigenvalue weighted by atomic mass is 10.2. The average Bonchev–Trinajstić information content (AvgIpc) is 3.16. The van der Waals surface area contributed by atoms with Gasteiger partial charge in [0.2, 0.25) is 15.7 Å². The first kappa shape index (κ1) is 21.3. The van der Waals surface area contributed by atoms with Gasteiger partial charge in [0.25, 0.3) is 0 Å². The predicted molar refractivity (Wildman–Crippen MR) is 118 cm³/mol. The number of hydrogen-bond donors (Lipinski definition) is 0. The van der Waals surface area contributed by atoms with E-state index in [1.165, 1.54) is 23.9 Å². The van der Waals surface area contributed by atoms with Crippen molar-refractivity contribution in [1.29, 1.82) is 0 Å². The smallest absolute Gasteiger partial charge is 0.344 e. The molecule has 0 atom stereocenters. The molecule has 0 amide bonds. The molecule has 8 heteroatoms. The van der Waals surface area contributed by atoms with Crippen molar-refractivity contribution in [3.63, 3.8) is 0 Å². The Morgan fingerprint density at radius 1 is 0.875 bits per heavy atom. The van der Waals surface area contributed by atoms with Crippen molar-refractivity contribution in [1.82, 2.24) is 9.78 Å². The highest BCUT2D eigenvalue weighted by Gasteiger charge is 2.32. The van der Waals surface area contributed by atoms with E-state index < -0.39 is 15.8 Å². The summed E-state index contributed by atoms with van der Waals surface area (Å²) in [6, 6.07) is 23.2. The second-order valence-electron chi connectivity index (χ2n) is 6.90. The van der Waals surface area contributed by atoms with E-state index in [0.29, 0.717) is 11.4 Å². The molecule has 3 aromatic carbocycles. The first-order valence-electron chi connectivity index (χ1n) is 9.73. The van der Waals surface area contributed by atoms with Crippen LogP contribution >= 0.6 is 0 Å². The minimum absolute atomic E-state index is 0.0810. The number of aryl methyl sites for hydroxylation is 1. The topological polar surface area (TPSA) is 87.5 Å². The monoisotopic (exact) mass is 448 g/mol. The molecule has 162 valence electrons. The highest BCUT2D eigenvalue weighted by Crippen LogP contribution is 2.35. The highest BCUT2D eigenvalue weighted by molar-refractivity contribution is 7.91. The minimum Gasteiger partial charge on any atom is -0.497 e. The van der Waals surface area contributed by atoms with Crippen molar-refractivity contribution in [3.8, 4) is 17.3 Å². The molecule has 0 spiro atoms. The van der Waals surface area contributed by atoms with Gasteiger partial charge in [0.05, 0.1) is 29.0 Å². The van der Waals surface area contributed by atoms with Crippen molar-refractivity contribution in [2.45, 2.75) is 16.7 Å². The summed E-state index contributed by atoms with van der Waals surface area (Å²) < 4.78 is 39.0. The Bertz CT molecular complexity index is 1350. The molecule has 0 fully saturated rings. The molecule has 1 aromatic heterocycles. The van der Waals surface area contributed by atoms with Crippen molar-refractivity contribution in [2.75, 3.05) is 7.11 Å². The summed E-state index contributed by atoms with van der Waals surface area (Å²) in [5.74, 6) is -0.299. The SMILES string of the molecule is COc1ccc(C(=O)Oc2c(S(=O)(=O)c3ccccc3)c(C)nn2-c2ccccc2)cc1. The maximum Gasteiger partial charge on any atom is 0.344 e. The van der Waals surface area contributed by atoms with Gasteiger partial charge in [-0.15, -0.1) is 0 Å². The molecule has 0 saturated carbocycles. The van der Waals surface area contributed by atoms with Crippen LogP contribution in [-0.4, -0.2) is 31.3 Å². The fourth-order valence-electron chi connectivity index (χ4n) is 3.23. The van der Waals surface area contributed by atoms with Crippen LogP contribution in [0.1, 0.15) is 16.1 Å². The van der Waals surface area contributed by atoms with Crippen LogP contribution in [0.5, 0.6) is 11.6 Å². The van der Waals surface area contributed by atoms with Gasteiger partial charge in [-0.2, -0.15) is 9.78 Å². The molecular weight excluding hydrogens is 428 g/mol. The number of methoxy groups -OCH3 is 1. The number of carbonyl (C=O) groups is 1. The lowest BCUT2D eigenvalue weighted by Gasteiger charge is -2.11. The van der Waals surface area contributed by atoms with Crippen LogP contribution in [-0.2, 0) is 9.84 Å². The van der Waals surface area contributed by atoms with Crippen LogP contribution in [0.15, 0.2) is 94.7 Å². The first-order chi connectivity index (χ1) is 15.4. The Balaban J connectivity index is 1.86. The number of sulfone groups is 1. The molecule has 0 N–H and O–H groups in total. The zero-order valence-corrected chi connectivity index (χ0v) is 18.2. The number of carbonyl (C=O) groups excluding carboxylic acids is 1. The van der Waals surface area contributed by atoms with Gasteiger partial charge in [0, 0.05) is 0 Å². The van der Waals surface area contributed by atoms with E-state index in [9.17, 15) is 13.2 Å². The van der Waals surface area contributed by atoms with Gasteiger partial charge >= 0.3 is 5.97 Å². The quantitative estimate of drug-likeness (QED) is 0.410. The Labute approximate surface area is 185 Å². The number of hydrogen-bond acceptors (Lipinski definition) is 6. The summed E-state index contributed by atoms with van der Waals surface area (Å²) >= 11 is 0. The summed E-state index contributed by atoms with van der Waals surface area (Å²) in [6.07, 6.45) is 0. The third kappa shape index (κ3) is 4.00. The zero-order valence-electron chi connectivity index (χ0n) is 17.4. The van der Waals surface area contributed by atoms with Gasteiger partial charge < -0.3 is 9.47 Å². The van der Waals surface area contributed by atoms with Gasteiger partial charge in [-0.3, -0.25) is 0 Å². The number of ether oxygens (including phenoxy) is 2. The van der Waals surface area contributed by atoms with Gasteiger partial charge in [-0.05, 0) is 55.5 Å². The second kappa shape index (κ2) is 8.68. The first-order valence-corrected chi connectivity index (χ1v) is 11.2. The van der Waals surface area contributed by atoms with Crippen molar-refractivity contribution in [2.24, 2.45) is 0 Å². The van der Waals surface area contributed by atoms with Crippen LogP contribution in [0.3, 0.4) is 0 Å². The Kier molecular flexibility index (Phi) is 5.79. The van der Waals surface area contributed by atoms with Crippen LogP contribution in [0.4, 0.5) is 0 Å². The maximum atomic E-state index is 13.5. The Hall–Kier alpha value is -3.91. The molecule has 7 nitrogen and oxygen atoms in total. The van der Waals surface area contributed by atoms with Crippen molar-refractivity contribution in [3.05, 3.63) is 96.2 Å². The van der Waals surface area contributed by atoms with E-state index in [1.54, 1.807) is 73.7 Å². The lowest BCUT2D eigenvalue weighted by Crippen LogP contribution is -2.14. The van der Waals surface area contributed by atoms with Gasteiger partial charge in [-0.1, -0.05) is 36.4 Å². The third-order valence-electron chi connectivity index (χ3n) is 4.80. The summed E-state index contributed by atoms with van der Waals surface area (Å²) in [5.41, 5.74) is 1.02. The molecule has 0 radical (unpaired) electrons.